The molecule has 1 N–H and O–H groups in total. The largest absolute Gasteiger partial charge is 0.489 e. The van der Waals surface area contributed by atoms with Gasteiger partial charge in [0.2, 0.25) is 0 Å². The fourth-order valence-electron chi connectivity index (χ4n) is 2.18. The molecule has 0 aromatic heterocycles. The predicted octanol–water partition coefficient (Wildman–Crippen LogP) is 4.76. The van der Waals surface area contributed by atoms with Gasteiger partial charge in [-0.25, -0.2) is 0 Å². The van der Waals surface area contributed by atoms with Gasteiger partial charge in [0.1, 0.15) is 12.4 Å². The molecule has 0 aliphatic carbocycles. The number of halogens is 1. The summed E-state index contributed by atoms with van der Waals surface area (Å²) < 4.78 is 5.93. The normalized spacial score (nSPS) is 10.9. The van der Waals surface area contributed by atoms with E-state index in [0.717, 1.165) is 21.9 Å². The summed E-state index contributed by atoms with van der Waals surface area (Å²) in [6, 6.07) is 14.3. The summed E-state index contributed by atoms with van der Waals surface area (Å²) in [6.07, 6.45) is 0. The molecule has 2 rings (SSSR count). The summed E-state index contributed by atoms with van der Waals surface area (Å²) in [5.41, 5.74) is 3.51. The molecule has 0 radical (unpaired) electrons. The Morgan fingerprint density at radius 1 is 1.10 bits per heavy atom. The summed E-state index contributed by atoms with van der Waals surface area (Å²) in [4.78, 5) is 0. The molecule has 0 saturated heterocycles. The van der Waals surface area contributed by atoms with Crippen LogP contribution in [0.3, 0.4) is 0 Å². The van der Waals surface area contributed by atoms with E-state index in [2.05, 4.69) is 43.4 Å². The van der Waals surface area contributed by atoms with Crippen molar-refractivity contribution in [1.29, 1.82) is 0 Å². The third-order valence-corrected chi connectivity index (χ3v) is 3.82. The van der Waals surface area contributed by atoms with Gasteiger partial charge in [0, 0.05) is 17.1 Å². The first-order chi connectivity index (χ1) is 10.1. The Bertz CT molecular complexity index is 578. The Hall–Kier alpha value is -1.51. The monoisotopic (exact) mass is 303 g/mol. The highest BCUT2D eigenvalue weighted by atomic mass is 35.5. The molecule has 3 heteroatoms. The summed E-state index contributed by atoms with van der Waals surface area (Å²) in [7, 11) is 1.90. The lowest BCUT2D eigenvalue weighted by Gasteiger charge is -2.13. The Labute approximate surface area is 132 Å². The van der Waals surface area contributed by atoms with E-state index in [4.69, 9.17) is 16.3 Å². The molecular formula is C18H22ClNO. The molecule has 21 heavy (non-hydrogen) atoms. The maximum absolute atomic E-state index is 6.23. The number of hydrogen-bond donors (Lipinski definition) is 1. The SMILES string of the molecule is CNCc1c(Cl)cccc1OCc1ccc(C(C)C)cc1. The van der Waals surface area contributed by atoms with Crippen molar-refractivity contribution < 1.29 is 4.74 Å². The molecule has 0 unspecified atom stereocenters. The van der Waals surface area contributed by atoms with Crippen molar-refractivity contribution in [3.05, 3.63) is 64.2 Å². The van der Waals surface area contributed by atoms with Crippen LogP contribution < -0.4 is 10.1 Å². The maximum Gasteiger partial charge on any atom is 0.125 e. The Kier molecular flexibility index (Phi) is 5.66. The van der Waals surface area contributed by atoms with Crippen molar-refractivity contribution in [2.75, 3.05) is 7.05 Å². The van der Waals surface area contributed by atoms with Crippen molar-refractivity contribution >= 4 is 11.6 Å². The van der Waals surface area contributed by atoms with Crippen molar-refractivity contribution in [2.45, 2.75) is 32.9 Å². The minimum absolute atomic E-state index is 0.551. The van der Waals surface area contributed by atoms with E-state index in [9.17, 15) is 0 Å². The zero-order valence-electron chi connectivity index (χ0n) is 12.8. The first-order valence-corrected chi connectivity index (χ1v) is 7.63. The number of ether oxygens (including phenoxy) is 1. The van der Waals surface area contributed by atoms with Gasteiger partial charge in [-0.2, -0.15) is 0 Å². The average Bonchev–Trinajstić information content (AvgIpc) is 2.48. The molecule has 0 bridgehead atoms. The zero-order valence-corrected chi connectivity index (χ0v) is 13.6. The fourth-order valence-corrected chi connectivity index (χ4v) is 2.41. The van der Waals surface area contributed by atoms with E-state index in [-0.39, 0.29) is 0 Å². The molecule has 0 heterocycles. The molecule has 0 amide bonds. The van der Waals surface area contributed by atoms with E-state index < -0.39 is 0 Å². The molecule has 2 aromatic carbocycles. The van der Waals surface area contributed by atoms with E-state index in [1.807, 2.05) is 25.2 Å². The van der Waals surface area contributed by atoms with Crippen molar-refractivity contribution in [2.24, 2.45) is 0 Å². The lowest BCUT2D eigenvalue weighted by Crippen LogP contribution is -2.08. The van der Waals surface area contributed by atoms with Gasteiger partial charge in [0.05, 0.1) is 0 Å². The topological polar surface area (TPSA) is 21.3 Å². The second-order valence-electron chi connectivity index (χ2n) is 5.43. The van der Waals surface area contributed by atoms with Crippen LogP contribution in [0.5, 0.6) is 5.75 Å². The average molecular weight is 304 g/mol. The smallest absolute Gasteiger partial charge is 0.125 e. The van der Waals surface area contributed by atoms with E-state index in [0.29, 0.717) is 19.1 Å². The summed E-state index contributed by atoms with van der Waals surface area (Å²) in [5.74, 6) is 1.39. The lowest BCUT2D eigenvalue weighted by atomic mass is 10.0. The molecule has 0 spiro atoms. The van der Waals surface area contributed by atoms with Gasteiger partial charge in [-0.3, -0.25) is 0 Å². The molecule has 0 aliphatic heterocycles. The fraction of sp³-hybridized carbons (Fsp3) is 0.333. The first-order valence-electron chi connectivity index (χ1n) is 7.25. The van der Waals surface area contributed by atoms with Crippen LogP contribution in [0.1, 0.15) is 36.5 Å². The highest BCUT2D eigenvalue weighted by Gasteiger charge is 2.07. The molecule has 112 valence electrons. The molecule has 0 atom stereocenters. The lowest BCUT2D eigenvalue weighted by molar-refractivity contribution is 0.302. The second kappa shape index (κ2) is 7.48. The molecule has 0 saturated carbocycles. The van der Waals surface area contributed by atoms with E-state index >= 15 is 0 Å². The van der Waals surface area contributed by atoms with Crippen LogP contribution in [0.15, 0.2) is 42.5 Å². The second-order valence-corrected chi connectivity index (χ2v) is 5.84. The van der Waals surface area contributed by atoms with Crippen LogP contribution in [0.4, 0.5) is 0 Å². The molecule has 2 nitrogen and oxygen atoms in total. The number of hydrogen-bond acceptors (Lipinski definition) is 2. The Balaban J connectivity index is 2.07. The summed E-state index contributed by atoms with van der Waals surface area (Å²) >= 11 is 6.23. The van der Waals surface area contributed by atoms with Crippen LogP contribution >= 0.6 is 11.6 Å². The molecule has 0 fully saturated rings. The van der Waals surface area contributed by atoms with Gasteiger partial charge < -0.3 is 10.1 Å². The van der Waals surface area contributed by atoms with Crippen LogP contribution in [-0.2, 0) is 13.2 Å². The summed E-state index contributed by atoms with van der Waals surface area (Å²) in [6.45, 7) is 5.64. The molecular weight excluding hydrogens is 282 g/mol. The molecule has 0 aliphatic rings. The van der Waals surface area contributed by atoms with Gasteiger partial charge >= 0.3 is 0 Å². The van der Waals surface area contributed by atoms with E-state index in [1.165, 1.54) is 5.56 Å². The van der Waals surface area contributed by atoms with Crippen molar-refractivity contribution in [3.63, 3.8) is 0 Å². The summed E-state index contributed by atoms with van der Waals surface area (Å²) in [5, 5.41) is 3.85. The van der Waals surface area contributed by atoms with Crippen LogP contribution in [0, 0.1) is 0 Å². The quantitative estimate of drug-likeness (QED) is 0.830. The van der Waals surface area contributed by atoms with Crippen molar-refractivity contribution in [1.82, 2.24) is 5.32 Å². The minimum Gasteiger partial charge on any atom is -0.489 e. The van der Waals surface area contributed by atoms with Crippen LogP contribution in [0.25, 0.3) is 0 Å². The number of nitrogens with one attached hydrogen (secondary N) is 1. The van der Waals surface area contributed by atoms with Gasteiger partial charge in [0.25, 0.3) is 0 Å². The van der Waals surface area contributed by atoms with Gasteiger partial charge in [-0.05, 0) is 36.2 Å². The molecule has 2 aromatic rings. The van der Waals surface area contributed by atoms with Gasteiger partial charge in [-0.15, -0.1) is 0 Å². The van der Waals surface area contributed by atoms with Crippen LogP contribution in [0.2, 0.25) is 5.02 Å². The van der Waals surface area contributed by atoms with Crippen molar-refractivity contribution in [3.8, 4) is 5.75 Å². The highest BCUT2D eigenvalue weighted by molar-refractivity contribution is 6.31. The maximum atomic E-state index is 6.23. The predicted molar refractivity (Wildman–Crippen MR) is 89.1 cm³/mol. The first kappa shape index (κ1) is 15.9. The standard InChI is InChI=1S/C18H22ClNO/c1-13(2)15-9-7-14(8-10-15)12-21-18-6-4-5-17(19)16(18)11-20-3/h4-10,13,20H,11-12H2,1-3H3. The third kappa shape index (κ3) is 4.23. The van der Waals surface area contributed by atoms with Gasteiger partial charge in [-0.1, -0.05) is 55.8 Å². The number of rotatable bonds is 6. The van der Waals surface area contributed by atoms with Gasteiger partial charge in [0.15, 0.2) is 0 Å². The minimum atomic E-state index is 0.551. The highest BCUT2D eigenvalue weighted by Crippen LogP contribution is 2.27. The zero-order chi connectivity index (χ0) is 15.2. The Morgan fingerprint density at radius 3 is 2.43 bits per heavy atom. The van der Waals surface area contributed by atoms with E-state index in [1.54, 1.807) is 0 Å². The number of benzene rings is 2. The third-order valence-electron chi connectivity index (χ3n) is 3.47. The Morgan fingerprint density at radius 2 is 1.81 bits per heavy atom. The van der Waals surface area contributed by atoms with Crippen LogP contribution in [-0.4, -0.2) is 7.05 Å².